The number of anilines is 3. The molecule has 5 aromatic rings. The highest BCUT2D eigenvalue weighted by atomic mass is 15.4. The molecule has 0 amide bonds. The quantitative estimate of drug-likeness (QED) is 0.469. The number of nitrogens with two attached hydrogens (primary N) is 1. The zero-order valence-electron chi connectivity index (χ0n) is 16.3. The van der Waals surface area contributed by atoms with Crippen LogP contribution < -0.4 is 11.1 Å². The summed E-state index contributed by atoms with van der Waals surface area (Å²) in [4.78, 5) is 13.1. The number of para-hydroxylation sites is 2. The molecule has 0 atom stereocenters. The molecule has 0 bridgehead atoms. The number of nitrogen functional groups attached to an aromatic ring is 1. The van der Waals surface area contributed by atoms with Crippen molar-refractivity contribution in [3.05, 3.63) is 84.1 Å². The molecule has 9 nitrogen and oxygen atoms in total. The SMILES string of the molecule is Cc1nc2nc(Nc3ccccc3-n3cncn3)nn2c(N)c1Cc1ccccc1. The fraction of sp³-hybridized carbons (Fsp3) is 0.0952. The van der Waals surface area contributed by atoms with E-state index in [-0.39, 0.29) is 0 Å². The molecular formula is C21H19N9. The van der Waals surface area contributed by atoms with Crippen LogP contribution in [0.15, 0.2) is 67.3 Å². The first-order valence-corrected chi connectivity index (χ1v) is 9.46. The lowest BCUT2D eigenvalue weighted by Gasteiger charge is -2.10. The average Bonchev–Trinajstić information content (AvgIpc) is 3.43. The minimum Gasteiger partial charge on any atom is -0.383 e. The largest absolute Gasteiger partial charge is 0.383 e. The van der Waals surface area contributed by atoms with Gasteiger partial charge in [-0.3, -0.25) is 0 Å². The Morgan fingerprint density at radius 2 is 1.80 bits per heavy atom. The van der Waals surface area contributed by atoms with Crippen LogP contribution in [0, 0.1) is 6.92 Å². The van der Waals surface area contributed by atoms with Gasteiger partial charge in [-0.05, 0) is 24.6 Å². The summed E-state index contributed by atoms with van der Waals surface area (Å²) in [7, 11) is 0. The zero-order chi connectivity index (χ0) is 20.5. The van der Waals surface area contributed by atoms with Crippen molar-refractivity contribution < 1.29 is 0 Å². The molecule has 0 spiro atoms. The van der Waals surface area contributed by atoms with Gasteiger partial charge in [-0.25, -0.2) is 14.6 Å². The monoisotopic (exact) mass is 397 g/mol. The van der Waals surface area contributed by atoms with Crippen molar-refractivity contribution in [2.24, 2.45) is 0 Å². The number of rotatable bonds is 5. The molecule has 5 rings (SSSR count). The molecule has 148 valence electrons. The molecule has 0 radical (unpaired) electrons. The van der Waals surface area contributed by atoms with Gasteiger partial charge < -0.3 is 11.1 Å². The van der Waals surface area contributed by atoms with Gasteiger partial charge in [0.2, 0.25) is 5.95 Å². The van der Waals surface area contributed by atoms with Gasteiger partial charge in [0.25, 0.3) is 5.78 Å². The number of benzene rings is 2. The number of hydrogen-bond donors (Lipinski definition) is 2. The number of aromatic nitrogens is 7. The minimum absolute atomic E-state index is 0.401. The van der Waals surface area contributed by atoms with E-state index in [1.807, 2.05) is 49.4 Å². The summed E-state index contributed by atoms with van der Waals surface area (Å²) in [5.74, 6) is 1.38. The molecular weight excluding hydrogens is 378 g/mol. The third-order valence-corrected chi connectivity index (χ3v) is 4.87. The van der Waals surface area contributed by atoms with Gasteiger partial charge in [-0.15, -0.1) is 5.10 Å². The summed E-state index contributed by atoms with van der Waals surface area (Å²) in [6.07, 6.45) is 3.80. The Morgan fingerprint density at radius 1 is 1.00 bits per heavy atom. The van der Waals surface area contributed by atoms with Crippen molar-refractivity contribution >= 4 is 23.2 Å². The summed E-state index contributed by atoms with van der Waals surface area (Å²) in [6.45, 7) is 1.94. The average molecular weight is 397 g/mol. The Labute approximate surface area is 172 Å². The Morgan fingerprint density at radius 3 is 2.60 bits per heavy atom. The van der Waals surface area contributed by atoms with Crippen molar-refractivity contribution in [2.75, 3.05) is 11.1 Å². The molecule has 0 fully saturated rings. The molecule has 9 heteroatoms. The van der Waals surface area contributed by atoms with E-state index < -0.39 is 0 Å². The Kier molecular flexibility index (Phi) is 4.32. The minimum atomic E-state index is 0.401. The number of nitrogens with one attached hydrogen (secondary N) is 1. The van der Waals surface area contributed by atoms with Crippen LogP contribution in [-0.2, 0) is 6.42 Å². The normalized spacial score (nSPS) is 11.1. The highest BCUT2D eigenvalue weighted by Crippen LogP contribution is 2.24. The third kappa shape index (κ3) is 3.22. The molecule has 0 saturated carbocycles. The second-order valence-electron chi connectivity index (χ2n) is 6.85. The Balaban J connectivity index is 1.51. The maximum atomic E-state index is 6.45. The third-order valence-electron chi connectivity index (χ3n) is 4.87. The van der Waals surface area contributed by atoms with E-state index in [1.54, 1.807) is 15.5 Å². The van der Waals surface area contributed by atoms with Gasteiger partial charge in [-0.2, -0.15) is 14.6 Å². The maximum absolute atomic E-state index is 6.45. The van der Waals surface area contributed by atoms with Crippen LogP contribution in [0.3, 0.4) is 0 Å². The van der Waals surface area contributed by atoms with Crippen molar-refractivity contribution in [3.63, 3.8) is 0 Å². The summed E-state index contributed by atoms with van der Waals surface area (Å²) in [6, 6.07) is 17.9. The Bertz CT molecular complexity index is 1310. The summed E-state index contributed by atoms with van der Waals surface area (Å²) < 4.78 is 3.25. The molecule has 0 aliphatic carbocycles. The van der Waals surface area contributed by atoms with Gasteiger partial charge in [0.05, 0.1) is 11.4 Å². The van der Waals surface area contributed by atoms with Crippen molar-refractivity contribution in [1.82, 2.24) is 34.3 Å². The van der Waals surface area contributed by atoms with E-state index in [9.17, 15) is 0 Å². The Hall–Kier alpha value is -4.27. The lowest BCUT2D eigenvalue weighted by atomic mass is 10.0. The topological polar surface area (TPSA) is 112 Å². The highest BCUT2D eigenvalue weighted by molar-refractivity contribution is 5.66. The van der Waals surface area contributed by atoms with Gasteiger partial charge in [0.1, 0.15) is 18.5 Å². The molecule has 3 heterocycles. The van der Waals surface area contributed by atoms with Gasteiger partial charge in [0.15, 0.2) is 0 Å². The zero-order valence-corrected chi connectivity index (χ0v) is 16.3. The van der Waals surface area contributed by atoms with E-state index >= 15 is 0 Å². The number of fused-ring (bicyclic) bond motifs is 1. The molecule has 3 N–H and O–H groups in total. The second kappa shape index (κ2) is 7.28. The number of hydrogen-bond acceptors (Lipinski definition) is 7. The standard InChI is InChI=1S/C21H19N9/c1-14-16(11-15-7-3-2-4-8-15)19(22)30-21(25-14)27-20(28-30)26-17-9-5-6-10-18(17)29-13-23-12-24-29/h2-10,12-13H,11,22H2,1H3,(H,26,28). The van der Waals surface area contributed by atoms with E-state index in [4.69, 9.17) is 5.73 Å². The van der Waals surface area contributed by atoms with Crippen molar-refractivity contribution in [3.8, 4) is 5.69 Å². The number of nitrogens with zero attached hydrogens (tertiary/aromatic N) is 7. The molecule has 0 aliphatic rings. The van der Waals surface area contributed by atoms with Crippen LogP contribution in [0.2, 0.25) is 0 Å². The van der Waals surface area contributed by atoms with Crippen LogP contribution in [0.5, 0.6) is 0 Å². The predicted molar refractivity (Wildman–Crippen MR) is 114 cm³/mol. The van der Waals surface area contributed by atoms with Crippen LogP contribution in [0.25, 0.3) is 11.5 Å². The molecule has 0 aliphatic heterocycles. The fourth-order valence-corrected chi connectivity index (χ4v) is 3.37. The first-order chi connectivity index (χ1) is 14.7. The maximum Gasteiger partial charge on any atom is 0.256 e. The molecule has 2 aromatic carbocycles. The highest BCUT2D eigenvalue weighted by Gasteiger charge is 2.15. The summed E-state index contributed by atoms with van der Waals surface area (Å²) in [5.41, 5.74) is 11.0. The molecule has 0 saturated heterocycles. The molecule has 30 heavy (non-hydrogen) atoms. The summed E-state index contributed by atoms with van der Waals surface area (Å²) >= 11 is 0. The lowest BCUT2D eigenvalue weighted by Crippen LogP contribution is -2.09. The number of aryl methyl sites for hydroxylation is 1. The predicted octanol–water partition coefficient (Wildman–Crippen LogP) is 2.93. The second-order valence-corrected chi connectivity index (χ2v) is 6.85. The molecule has 0 unspecified atom stereocenters. The smallest absolute Gasteiger partial charge is 0.256 e. The van der Waals surface area contributed by atoms with Crippen LogP contribution in [0.4, 0.5) is 17.5 Å². The van der Waals surface area contributed by atoms with Gasteiger partial charge in [-0.1, -0.05) is 42.5 Å². The first kappa shape index (κ1) is 17.8. The van der Waals surface area contributed by atoms with Crippen molar-refractivity contribution in [2.45, 2.75) is 13.3 Å². The van der Waals surface area contributed by atoms with Crippen molar-refractivity contribution in [1.29, 1.82) is 0 Å². The summed E-state index contributed by atoms with van der Waals surface area (Å²) in [5, 5.41) is 12.0. The van der Waals surface area contributed by atoms with Gasteiger partial charge >= 0.3 is 0 Å². The van der Waals surface area contributed by atoms with E-state index in [0.717, 1.165) is 28.2 Å². The van der Waals surface area contributed by atoms with E-state index in [2.05, 4.69) is 42.6 Å². The van der Waals surface area contributed by atoms with Crippen LogP contribution in [-0.4, -0.2) is 34.3 Å². The van der Waals surface area contributed by atoms with Gasteiger partial charge in [0, 0.05) is 17.7 Å². The van der Waals surface area contributed by atoms with Crippen LogP contribution >= 0.6 is 0 Å². The van der Waals surface area contributed by atoms with E-state index in [0.29, 0.717) is 24.0 Å². The first-order valence-electron chi connectivity index (χ1n) is 9.46. The molecule has 3 aromatic heterocycles. The lowest BCUT2D eigenvalue weighted by molar-refractivity contribution is 0.879. The van der Waals surface area contributed by atoms with Crippen LogP contribution in [0.1, 0.15) is 16.8 Å². The van der Waals surface area contributed by atoms with E-state index in [1.165, 1.54) is 6.33 Å². The fourth-order valence-electron chi connectivity index (χ4n) is 3.37.